The number of hydrogen-bond acceptors (Lipinski definition) is 9. The van der Waals surface area contributed by atoms with Gasteiger partial charge in [-0.05, 0) is 19.3 Å². The molecule has 36 heavy (non-hydrogen) atoms. The highest BCUT2D eigenvalue weighted by atomic mass is 35.5. The molecular weight excluding hydrogens is 492 g/mol. The lowest BCUT2D eigenvalue weighted by molar-refractivity contribution is -0.153. The number of morpholine rings is 1. The highest BCUT2D eigenvalue weighted by Crippen LogP contribution is 2.50. The number of pyridine rings is 1. The molecule has 0 aliphatic carbocycles. The number of imide groups is 2. The van der Waals surface area contributed by atoms with E-state index in [1.165, 1.54) is 0 Å². The maximum atomic E-state index is 13.3. The minimum absolute atomic E-state index is 0. The summed E-state index contributed by atoms with van der Waals surface area (Å²) in [4.78, 5) is 57.9. The van der Waals surface area contributed by atoms with Gasteiger partial charge in [0.05, 0.1) is 29.6 Å². The van der Waals surface area contributed by atoms with E-state index in [-0.39, 0.29) is 41.2 Å². The smallest absolute Gasteiger partial charge is 0.328 e. The van der Waals surface area contributed by atoms with Crippen LogP contribution in [-0.2, 0) is 20.7 Å². The lowest BCUT2D eigenvalue weighted by atomic mass is 9.67. The molecular formula is C23H29ClN6O6. The number of amides is 5. The summed E-state index contributed by atoms with van der Waals surface area (Å²) in [7, 11) is 0. The second-order valence-electron chi connectivity index (χ2n) is 10.8. The fourth-order valence-corrected chi connectivity index (χ4v) is 5.68. The van der Waals surface area contributed by atoms with Crippen LogP contribution in [0.2, 0.25) is 5.02 Å². The molecule has 3 atom stereocenters. The summed E-state index contributed by atoms with van der Waals surface area (Å²) in [6.07, 6.45) is -0.983. The van der Waals surface area contributed by atoms with Crippen LogP contribution in [0, 0.1) is 10.8 Å². The molecule has 1 spiro atoms. The van der Waals surface area contributed by atoms with Crippen LogP contribution >= 0.6 is 11.6 Å². The van der Waals surface area contributed by atoms with Crippen LogP contribution in [-0.4, -0.2) is 65.2 Å². The molecule has 2 aromatic heterocycles. The van der Waals surface area contributed by atoms with Crippen molar-refractivity contribution in [2.45, 2.75) is 59.3 Å². The van der Waals surface area contributed by atoms with Crippen molar-refractivity contribution in [3.05, 3.63) is 16.4 Å². The highest BCUT2D eigenvalue weighted by Gasteiger charge is 2.63. The summed E-state index contributed by atoms with van der Waals surface area (Å²) in [5.41, 5.74) is -0.868. The molecule has 2 aromatic rings. The van der Waals surface area contributed by atoms with Gasteiger partial charge >= 0.3 is 6.03 Å². The Bertz CT molecular complexity index is 1300. The van der Waals surface area contributed by atoms with Gasteiger partial charge in [-0.25, -0.2) is 9.78 Å². The molecule has 3 N–H and O–H groups in total. The van der Waals surface area contributed by atoms with Crippen LogP contribution in [0.5, 0.6) is 0 Å². The van der Waals surface area contributed by atoms with Crippen molar-refractivity contribution in [1.29, 1.82) is 0 Å². The lowest BCUT2D eigenvalue weighted by Crippen LogP contribution is -2.75. The normalized spacial score (nSPS) is 25.3. The number of nitrogens with one attached hydrogen (secondary N) is 3. The highest BCUT2D eigenvalue weighted by molar-refractivity contribution is 6.38. The summed E-state index contributed by atoms with van der Waals surface area (Å²) < 4.78 is 11.5. The first kappa shape index (κ1) is 24.4. The van der Waals surface area contributed by atoms with Crippen molar-refractivity contribution in [3.63, 3.8) is 0 Å². The number of ether oxygens (including phenoxy) is 1. The van der Waals surface area contributed by atoms with Gasteiger partial charge in [-0.1, -0.05) is 37.5 Å². The molecule has 5 heterocycles. The quantitative estimate of drug-likeness (QED) is 0.502. The third kappa shape index (κ3) is 3.62. The Morgan fingerprint density at radius 1 is 1.25 bits per heavy atom. The minimum Gasteiger partial charge on any atom is -0.372 e. The molecule has 12 nitrogen and oxygen atoms in total. The average Bonchev–Trinajstić information content (AvgIpc) is 3.19. The van der Waals surface area contributed by atoms with Gasteiger partial charge in [-0.2, -0.15) is 0 Å². The van der Waals surface area contributed by atoms with E-state index < -0.39 is 41.3 Å². The Morgan fingerprint density at radius 3 is 2.56 bits per heavy atom. The van der Waals surface area contributed by atoms with Crippen LogP contribution in [0.3, 0.4) is 0 Å². The number of nitrogens with zero attached hydrogens (tertiary/aromatic N) is 3. The number of urea groups is 1. The topological polar surface area (TPSA) is 156 Å². The number of aromatic nitrogens is 2. The van der Waals surface area contributed by atoms with E-state index in [2.05, 4.69) is 26.1 Å². The van der Waals surface area contributed by atoms with Crippen LogP contribution in [0.15, 0.2) is 4.52 Å². The Labute approximate surface area is 212 Å². The van der Waals surface area contributed by atoms with Gasteiger partial charge in [0.1, 0.15) is 10.5 Å². The van der Waals surface area contributed by atoms with Gasteiger partial charge in [0.15, 0.2) is 11.1 Å². The maximum Gasteiger partial charge on any atom is 0.328 e. The largest absolute Gasteiger partial charge is 0.372 e. The van der Waals surface area contributed by atoms with E-state index >= 15 is 0 Å². The van der Waals surface area contributed by atoms with Crippen LogP contribution < -0.4 is 20.9 Å². The molecule has 0 bridgehead atoms. The van der Waals surface area contributed by atoms with Crippen LogP contribution in [0.25, 0.3) is 11.1 Å². The minimum atomic E-state index is -1.71. The maximum absolute atomic E-state index is 13.3. The molecule has 3 aliphatic heterocycles. The Balaban J connectivity index is 0.00000320. The Morgan fingerprint density at radius 2 is 1.92 bits per heavy atom. The van der Waals surface area contributed by atoms with Gasteiger partial charge in [0.25, 0.3) is 5.91 Å². The first-order chi connectivity index (χ1) is 16.8. The third-order valence-electron chi connectivity index (χ3n) is 6.77. The van der Waals surface area contributed by atoms with E-state index in [4.69, 9.17) is 20.9 Å². The van der Waals surface area contributed by atoms with Crippen molar-refractivity contribution in [2.24, 2.45) is 10.8 Å². The Hall–Kier alpha value is -3.25. The van der Waals surface area contributed by atoms with Crippen molar-refractivity contribution < 1.29 is 29.9 Å². The van der Waals surface area contributed by atoms with Gasteiger partial charge in [0, 0.05) is 20.9 Å². The second kappa shape index (κ2) is 8.13. The molecule has 194 valence electrons. The lowest BCUT2D eigenvalue weighted by Gasteiger charge is -2.55. The van der Waals surface area contributed by atoms with E-state index in [0.717, 1.165) is 0 Å². The van der Waals surface area contributed by atoms with E-state index in [0.29, 0.717) is 24.5 Å². The molecule has 13 heteroatoms. The number of anilines is 1. The van der Waals surface area contributed by atoms with Crippen LogP contribution in [0.1, 0.15) is 52.2 Å². The number of rotatable bonds is 2. The molecule has 0 unspecified atom stereocenters. The molecule has 0 radical (unpaired) electrons. The summed E-state index contributed by atoms with van der Waals surface area (Å²) in [5.74, 6) is -1.97. The summed E-state index contributed by atoms with van der Waals surface area (Å²) in [5, 5.41) is 11.4. The van der Waals surface area contributed by atoms with E-state index in [1.807, 2.05) is 32.6 Å². The fourth-order valence-electron chi connectivity index (χ4n) is 5.33. The molecule has 0 saturated carbocycles. The molecule has 3 aliphatic rings. The average molecular weight is 521 g/mol. The molecule has 0 aromatic carbocycles. The number of carbonyl (C=O) groups excluding carboxylic acids is 4. The zero-order chi connectivity index (χ0) is 26.2. The summed E-state index contributed by atoms with van der Waals surface area (Å²) >= 11 is 6.82. The summed E-state index contributed by atoms with van der Waals surface area (Å²) in [6.45, 7) is 10.3. The summed E-state index contributed by atoms with van der Waals surface area (Å²) in [6, 6.07) is -1.66. The van der Waals surface area contributed by atoms with Crippen molar-refractivity contribution in [2.75, 3.05) is 18.0 Å². The van der Waals surface area contributed by atoms with Crippen LogP contribution in [0.4, 0.5) is 10.5 Å². The molecule has 2 fully saturated rings. The number of barbiturate groups is 1. The fraction of sp³-hybridized carbons (Fsp3) is 0.565. The van der Waals surface area contributed by atoms with E-state index in [1.54, 1.807) is 6.92 Å². The first-order valence-electron chi connectivity index (χ1n) is 11.7. The second-order valence-corrected chi connectivity index (χ2v) is 11.2. The number of fused-ring (bicyclic) bond motifs is 5. The number of carbonyl (C=O) groups is 4. The number of hydrogen-bond donors (Lipinski definition) is 3. The monoisotopic (exact) mass is 520 g/mol. The zero-order valence-corrected chi connectivity index (χ0v) is 21.3. The molecule has 5 rings (SSSR count). The predicted octanol–water partition coefficient (Wildman–Crippen LogP) is 1.79. The first-order valence-corrected chi connectivity index (χ1v) is 12.1. The van der Waals surface area contributed by atoms with Crippen molar-refractivity contribution in [3.8, 4) is 0 Å². The van der Waals surface area contributed by atoms with Gasteiger partial charge in [0.2, 0.25) is 17.4 Å². The van der Waals surface area contributed by atoms with Gasteiger partial charge < -0.3 is 19.5 Å². The zero-order valence-electron chi connectivity index (χ0n) is 20.5. The molecule has 5 amide bonds. The van der Waals surface area contributed by atoms with Crippen molar-refractivity contribution >= 4 is 52.1 Å². The SMILES string of the molecule is C[C@@H]1CN2c3c(nc4c(C(=O)NCC(C)(C)C)noc4c3Cl)CC3(C(=O)NC(=O)NC3=O)[C@H]2[C@H](C)O1.[HH]. The Kier molecular flexibility index (Phi) is 5.52. The van der Waals surface area contributed by atoms with Crippen molar-refractivity contribution in [1.82, 2.24) is 26.1 Å². The van der Waals surface area contributed by atoms with Gasteiger partial charge in [-0.15, -0.1) is 0 Å². The molecule has 2 saturated heterocycles. The third-order valence-corrected chi connectivity index (χ3v) is 7.12. The predicted molar refractivity (Wildman–Crippen MR) is 130 cm³/mol. The number of halogens is 1. The van der Waals surface area contributed by atoms with Gasteiger partial charge in [-0.3, -0.25) is 25.0 Å². The standard InChI is InChI=1S/C23H27ClN6O6.H2/c1-9-7-30-15-11(6-23(17(30)10(2)35-9)19(32)27-21(34)28-20(23)33)26-13-14(29-36-16(13)12(15)24)18(31)25-8-22(3,4)5;/h9-10,17H,6-8H2,1-5H3,(H,25,31)(H2,27,28,32,33,34);1H/t9-,10+,17-;/m1./s1. The van der Waals surface area contributed by atoms with E-state index in [9.17, 15) is 19.2 Å².